The Morgan fingerprint density at radius 2 is 1.69 bits per heavy atom. The van der Waals surface area contributed by atoms with Gasteiger partial charge in [-0.2, -0.15) is 18.4 Å². The molecule has 0 aliphatic carbocycles. The molecule has 2 aliphatic heterocycles. The first kappa shape index (κ1) is 27.8. The van der Waals surface area contributed by atoms with Crippen molar-refractivity contribution in [1.29, 1.82) is 5.26 Å². The van der Waals surface area contributed by atoms with Gasteiger partial charge in [-0.1, -0.05) is 12.0 Å². The maximum atomic E-state index is 13.2. The highest BCUT2D eigenvalue weighted by molar-refractivity contribution is 7.80. The van der Waals surface area contributed by atoms with E-state index < -0.39 is 23.0 Å². The molecule has 1 N–H and O–H groups in total. The van der Waals surface area contributed by atoms with Crippen LogP contribution in [0.4, 0.5) is 24.5 Å². The highest BCUT2D eigenvalue weighted by atomic mass is 32.1. The molecular formula is C26H18F3N5OS. The average molecular weight is 506 g/mol. The summed E-state index contributed by atoms with van der Waals surface area (Å²) < 4.78 is 39.6. The molecule has 1 amide bonds. The maximum Gasteiger partial charge on any atom is 0.407 e. The van der Waals surface area contributed by atoms with Crippen LogP contribution in [0.25, 0.3) is 4.85 Å². The number of anilines is 1. The van der Waals surface area contributed by atoms with Crippen LogP contribution in [-0.4, -0.2) is 41.6 Å². The Bertz CT molecular complexity index is 1380. The van der Waals surface area contributed by atoms with E-state index in [-0.39, 0.29) is 16.7 Å². The number of carbonyl (C=O) groups is 1. The number of amides is 1. The minimum Gasteiger partial charge on any atom is -0.347 e. The van der Waals surface area contributed by atoms with Gasteiger partial charge in [0.05, 0.1) is 12.1 Å². The van der Waals surface area contributed by atoms with E-state index in [2.05, 4.69) is 62.4 Å². The van der Waals surface area contributed by atoms with Gasteiger partial charge in [-0.3, -0.25) is 9.69 Å². The lowest BCUT2D eigenvalue weighted by Gasteiger charge is -2.35. The molecule has 0 unspecified atom stereocenters. The zero-order valence-electron chi connectivity index (χ0n) is 19.3. The molecule has 0 radical (unpaired) electrons. The number of halogens is 3. The van der Waals surface area contributed by atoms with Gasteiger partial charge < -0.3 is 10.2 Å². The molecule has 2 fully saturated rings. The van der Waals surface area contributed by atoms with Gasteiger partial charge in [0.15, 0.2) is 16.9 Å². The molecule has 2 saturated heterocycles. The Morgan fingerprint density at radius 1 is 1.11 bits per heavy atom. The van der Waals surface area contributed by atoms with Crippen LogP contribution in [0.2, 0.25) is 0 Å². The van der Waals surface area contributed by atoms with Crippen LogP contribution in [0.3, 0.4) is 0 Å². The molecule has 2 aliphatic rings. The zero-order chi connectivity index (χ0) is 26.8. The summed E-state index contributed by atoms with van der Waals surface area (Å²) in [6.07, 6.45) is -3.62. The molecule has 0 saturated carbocycles. The van der Waals surface area contributed by atoms with Crippen LogP contribution in [0.15, 0.2) is 18.2 Å². The second-order valence-corrected chi connectivity index (χ2v) is 7.89. The molecule has 0 aromatic heterocycles. The normalized spacial score (nSPS) is 15.5. The quantitative estimate of drug-likeness (QED) is 0.360. The summed E-state index contributed by atoms with van der Waals surface area (Å²) in [5.74, 6) is 18.9. The Kier molecular flexibility index (Phi) is 9.50. The number of benzene rings is 1. The van der Waals surface area contributed by atoms with Crippen molar-refractivity contribution in [3.8, 4) is 53.4 Å². The number of hydrogen-bond donors (Lipinski definition) is 1. The Hall–Kier alpha value is -4.45. The molecule has 10 heteroatoms. The predicted molar refractivity (Wildman–Crippen MR) is 133 cm³/mol. The third-order valence-corrected chi connectivity index (χ3v) is 5.51. The van der Waals surface area contributed by atoms with Gasteiger partial charge in [0.2, 0.25) is 0 Å². The van der Waals surface area contributed by atoms with Crippen LogP contribution in [-0.2, 0) is 11.0 Å². The average Bonchev–Trinajstić information content (AvgIpc) is 3.09. The van der Waals surface area contributed by atoms with Gasteiger partial charge in [-0.15, -0.1) is 0 Å². The van der Waals surface area contributed by atoms with Crippen molar-refractivity contribution >= 4 is 34.6 Å². The molecule has 180 valence electrons. The first-order valence-corrected chi connectivity index (χ1v) is 10.7. The summed E-state index contributed by atoms with van der Waals surface area (Å²) in [6.45, 7) is 9.98. The molecule has 1 aromatic rings. The molecule has 0 atom stereocenters. The number of nitrogens with zero attached hydrogens (tertiary/aromatic N) is 4. The Balaban J connectivity index is 0.000000352. The number of rotatable bonds is 1. The number of likely N-dealkylation sites (tertiary alicyclic amines) is 1. The van der Waals surface area contributed by atoms with Crippen molar-refractivity contribution in [3.05, 3.63) is 35.2 Å². The maximum absolute atomic E-state index is 13.2. The second-order valence-electron chi connectivity index (χ2n) is 7.50. The molecule has 0 bridgehead atoms. The highest BCUT2D eigenvalue weighted by Crippen LogP contribution is 2.40. The summed E-state index contributed by atoms with van der Waals surface area (Å²) in [5, 5.41) is 11.1. The molecule has 3 rings (SSSR count). The third kappa shape index (κ3) is 6.79. The summed E-state index contributed by atoms with van der Waals surface area (Å²) in [5.41, 5.74) is -2.41. The van der Waals surface area contributed by atoms with Gasteiger partial charge in [0, 0.05) is 42.5 Å². The standard InChI is InChI=1S/C16H15F3N4OS.C10H3N/c1-20-12-4-3-10(9-11(12)16(17,18)19)23-13(24)15(21-14(23)25)5-7-22(2)8-6-15;1-2-3-4-5-6-7-8-9-10-11/h3-4,9H,5-8H2,2H3,(H,21,25);1H3. The minimum absolute atomic E-state index is 0.0260. The largest absolute Gasteiger partial charge is 0.407 e. The van der Waals surface area contributed by atoms with Crippen LogP contribution < -0.4 is 10.2 Å². The summed E-state index contributed by atoms with van der Waals surface area (Å²) in [7, 11) is 1.95. The first-order valence-electron chi connectivity index (χ1n) is 10.3. The van der Waals surface area contributed by atoms with E-state index in [1.165, 1.54) is 6.07 Å². The third-order valence-electron chi connectivity index (χ3n) is 5.22. The summed E-state index contributed by atoms with van der Waals surface area (Å²) >= 11 is 5.22. The van der Waals surface area contributed by atoms with E-state index in [9.17, 15) is 18.0 Å². The molecule has 6 nitrogen and oxygen atoms in total. The van der Waals surface area contributed by atoms with E-state index in [1.54, 1.807) is 13.0 Å². The van der Waals surface area contributed by atoms with Crippen molar-refractivity contribution in [2.45, 2.75) is 31.5 Å². The summed E-state index contributed by atoms with van der Waals surface area (Å²) in [4.78, 5) is 19.0. The highest BCUT2D eigenvalue weighted by Gasteiger charge is 2.51. The zero-order valence-corrected chi connectivity index (χ0v) is 20.1. The Labute approximate surface area is 213 Å². The van der Waals surface area contributed by atoms with Gasteiger partial charge in [0.25, 0.3) is 5.91 Å². The van der Waals surface area contributed by atoms with E-state index >= 15 is 0 Å². The van der Waals surface area contributed by atoms with Gasteiger partial charge in [-0.05, 0) is 68.9 Å². The van der Waals surface area contributed by atoms with Crippen molar-refractivity contribution < 1.29 is 18.0 Å². The summed E-state index contributed by atoms with van der Waals surface area (Å²) in [6, 6.07) is 4.83. The monoisotopic (exact) mass is 505 g/mol. The van der Waals surface area contributed by atoms with E-state index in [0.717, 1.165) is 17.0 Å². The van der Waals surface area contributed by atoms with Crippen molar-refractivity contribution in [2.24, 2.45) is 0 Å². The lowest BCUT2D eigenvalue weighted by atomic mass is 9.87. The fourth-order valence-electron chi connectivity index (χ4n) is 3.43. The lowest BCUT2D eigenvalue weighted by Crippen LogP contribution is -2.54. The van der Waals surface area contributed by atoms with Gasteiger partial charge in [0.1, 0.15) is 5.54 Å². The number of piperidine rings is 1. The molecule has 1 aromatic carbocycles. The van der Waals surface area contributed by atoms with Crippen molar-refractivity contribution in [3.63, 3.8) is 0 Å². The van der Waals surface area contributed by atoms with Crippen molar-refractivity contribution in [1.82, 2.24) is 10.2 Å². The SMILES string of the molecule is CC#CC#CC#CC#CC#N.[C-]#[N+]c1ccc(N2C(=O)C3(CCN(C)CC3)NC2=S)cc1C(F)(F)F. The van der Waals surface area contributed by atoms with Crippen LogP contribution >= 0.6 is 12.2 Å². The topological polar surface area (TPSA) is 63.7 Å². The van der Waals surface area contributed by atoms with Gasteiger partial charge >= 0.3 is 6.18 Å². The molecule has 36 heavy (non-hydrogen) atoms. The minimum atomic E-state index is -4.68. The predicted octanol–water partition coefficient (Wildman–Crippen LogP) is 3.49. The van der Waals surface area contributed by atoms with E-state index in [0.29, 0.717) is 25.9 Å². The molecule has 2 heterocycles. The number of alkyl halides is 3. The van der Waals surface area contributed by atoms with Crippen LogP contribution in [0, 0.1) is 65.3 Å². The van der Waals surface area contributed by atoms with E-state index in [4.69, 9.17) is 24.1 Å². The molecule has 1 spiro atoms. The fourth-order valence-corrected chi connectivity index (χ4v) is 3.81. The van der Waals surface area contributed by atoms with Crippen LogP contribution in [0.1, 0.15) is 25.3 Å². The van der Waals surface area contributed by atoms with E-state index in [1.807, 2.05) is 7.05 Å². The fraction of sp³-hybridized carbons (Fsp3) is 0.308. The van der Waals surface area contributed by atoms with Gasteiger partial charge in [-0.25, -0.2) is 4.85 Å². The Morgan fingerprint density at radius 3 is 2.22 bits per heavy atom. The first-order chi connectivity index (χ1) is 17.1. The molecular weight excluding hydrogens is 487 g/mol. The number of nitriles is 1. The number of thiocarbonyl (C=S) groups is 1. The van der Waals surface area contributed by atoms with Crippen molar-refractivity contribution in [2.75, 3.05) is 25.0 Å². The smallest absolute Gasteiger partial charge is 0.347 e. The lowest BCUT2D eigenvalue weighted by molar-refractivity contribution is -0.136. The number of nitrogens with one attached hydrogen (secondary N) is 1. The second kappa shape index (κ2) is 12.3. The number of hydrogen-bond acceptors (Lipinski definition) is 4. The number of carbonyl (C=O) groups excluding carboxylic acids is 1. The van der Waals surface area contributed by atoms with Crippen LogP contribution in [0.5, 0.6) is 0 Å².